The molecule has 1 aromatic heterocycles. The molecule has 2 heterocycles. The minimum atomic E-state index is -1.62. The van der Waals surface area contributed by atoms with Crippen molar-refractivity contribution >= 4 is 23.4 Å². The van der Waals surface area contributed by atoms with Gasteiger partial charge in [0, 0.05) is 17.0 Å². The van der Waals surface area contributed by atoms with Crippen molar-refractivity contribution in [2.75, 3.05) is 0 Å². The topological polar surface area (TPSA) is 59.9 Å². The Kier molecular flexibility index (Phi) is 5.37. The molecule has 3 aromatic carbocycles. The molecule has 0 spiro atoms. The molecule has 0 fully saturated rings. The van der Waals surface area contributed by atoms with Crippen LogP contribution in [0.5, 0.6) is 0 Å². The number of nitrogens with one attached hydrogen (secondary N) is 1. The van der Waals surface area contributed by atoms with Gasteiger partial charge in [0.2, 0.25) is 11.8 Å². The molecule has 0 unspecified atom stereocenters. The molecule has 0 radical (unpaired) electrons. The van der Waals surface area contributed by atoms with E-state index in [9.17, 15) is 14.8 Å². The summed E-state index contributed by atoms with van der Waals surface area (Å²) in [5, 5.41) is 27.6. The van der Waals surface area contributed by atoms with E-state index in [0.717, 1.165) is 10.8 Å². The quantitative estimate of drug-likeness (QED) is 0.311. The van der Waals surface area contributed by atoms with Crippen molar-refractivity contribution in [1.29, 1.82) is 5.26 Å². The third-order valence-corrected chi connectivity index (χ3v) is 6.55. The van der Waals surface area contributed by atoms with Crippen molar-refractivity contribution in [3.05, 3.63) is 125 Å². The molecule has 6 heteroatoms. The van der Waals surface area contributed by atoms with E-state index in [1.807, 2.05) is 77.6 Å². The Morgan fingerprint density at radius 3 is 2.42 bits per heavy atom. The van der Waals surface area contributed by atoms with Crippen LogP contribution in [0.25, 0.3) is 10.8 Å². The van der Waals surface area contributed by atoms with Crippen LogP contribution in [-0.4, -0.2) is 5.11 Å². The zero-order chi connectivity index (χ0) is 23.0. The normalized spacial score (nSPS) is 22.6. The van der Waals surface area contributed by atoms with E-state index in [1.54, 1.807) is 12.1 Å². The van der Waals surface area contributed by atoms with Gasteiger partial charge in [0.15, 0.2) is 12.4 Å². The number of rotatable bonds is 3. The van der Waals surface area contributed by atoms with Gasteiger partial charge in [-0.05, 0) is 29.1 Å². The summed E-state index contributed by atoms with van der Waals surface area (Å²) in [4.78, 5) is 0. The lowest BCUT2D eigenvalue weighted by molar-refractivity contribution is -0.742. The van der Waals surface area contributed by atoms with Crippen LogP contribution in [0.2, 0.25) is 0 Å². The minimum Gasteiger partial charge on any atom is -0.362 e. The Labute approximate surface area is 196 Å². The Morgan fingerprint density at radius 2 is 1.70 bits per heavy atom. The van der Waals surface area contributed by atoms with Crippen LogP contribution in [0, 0.1) is 17.1 Å². The van der Waals surface area contributed by atoms with Crippen LogP contribution in [0.3, 0.4) is 0 Å². The van der Waals surface area contributed by atoms with Crippen LogP contribution in [-0.2, 0) is 5.72 Å². The van der Waals surface area contributed by atoms with Gasteiger partial charge in [-0.1, -0.05) is 60.7 Å². The molecular weight excluding hydrogens is 433 g/mol. The van der Waals surface area contributed by atoms with Crippen molar-refractivity contribution < 1.29 is 14.1 Å². The van der Waals surface area contributed by atoms with Crippen molar-refractivity contribution in [3.63, 3.8) is 0 Å². The highest BCUT2D eigenvalue weighted by atomic mass is 32.1. The fourth-order valence-corrected chi connectivity index (χ4v) is 5.05. The fourth-order valence-electron chi connectivity index (χ4n) is 4.69. The summed E-state index contributed by atoms with van der Waals surface area (Å²) in [7, 11) is 0. The number of aromatic nitrogens is 1. The van der Waals surface area contributed by atoms with Gasteiger partial charge in [-0.3, -0.25) is 0 Å². The van der Waals surface area contributed by atoms with Crippen molar-refractivity contribution in [2.45, 2.75) is 17.7 Å². The van der Waals surface area contributed by atoms with Gasteiger partial charge >= 0.3 is 0 Å². The zero-order valence-electron chi connectivity index (χ0n) is 17.6. The third-order valence-electron chi connectivity index (χ3n) is 6.19. The first kappa shape index (κ1) is 21.2. The molecular formula is C27H21FN3OS+. The van der Waals surface area contributed by atoms with Gasteiger partial charge in [0.05, 0.1) is 22.6 Å². The molecule has 4 nitrogen and oxygen atoms in total. The van der Waals surface area contributed by atoms with Gasteiger partial charge in [-0.15, -0.1) is 12.6 Å². The number of hydrogen-bond acceptors (Lipinski definition) is 4. The average Bonchev–Trinajstić information content (AvgIpc) is 2.84. The summed E-state index contributed by atoms with van der Waals surface area (Å²) in [5.41, 5.74) is -0.0987. The van der Waals surface area contributed by atoms with Gasteiger partial charge < -0.3 is 10.4 Å². The first-order chi connectivity index (χ1) is 16.0. The lowest BCUT2D eigenvalue weighted by Gasteiger charge is -2.42. The van der Waals surface area contributed by atoms with E-state index in [-0.39, 0.29) is 5.03 Å². The average molecular weight is 455 g/mol. The van der Waals surface area contributed by atoms with Crippen LogP contribution in [0.15, 0.2) is 108 Å². The molecule has 0 saturated carbocycles. The highest BCUT2D eigenvalue weighted by Crippen LogP contribution is 2.47. The second-order valence-corrected chi connectivity index (χ2v) is 8.58. The second kappa shape index (κ2) is 8.36. The number of benzene rings is 3. The molecule has 0 amide bonds. The Hall–Kier alpha value is -3.66. The second-order valence-electron chi connectivity index (χ2n) is 8.13. The fraction of sp³-hybridized carbons (Fsp3) is 0.111. The van der Waals surface area contributed by atoms with Crippen LogP contribution >= 0.6 is 12.6 Å². The molecule has 162 valence electrons. The Bertz CT molecular complexity index is 1420. The highest BCUT2D eigenvalue weighted by Gasteiger charge is 2.55. The molecule has 3 atom stereocenters. The number of aliphatic hydroxyl groups is 1. The molecule has 4 aromatic rings. The number of hydrogen-bond donors (Lipinski definition) is 3. The highest BCUT2D eigenvalue weighted by molar-refractivity contribution is 7.84. The SMILES string of the molecule is N#CC1=C(S)N[C@@](O)(c2ccccc2)[C@H]([n+]2ccc3ccccc3c2)[C@H]1c1cccc(F)c1. The first-order valence-corrected chi connectivity index (χ1v) is 11.0. The molecule has 5 rings (SSSR count). The molecule has 0 saturated heterocycles. The van der Waals surface area contributed by atoms with E-state index < -0.39 is 23.5 Å². The van der Waals surface area contributed by atoms with E-state index in [0.29, 0.717) is 16.7 Å². The van der Waals surface area contributed by atoms with E-state index in [4.69, 9.17) is 0 Å². The third kappa shape index (κ3) is 3.66. The van der Waals surface area contributed by atoms with Gasteiger partial charge in [-0.2, -0.15) is 9.83 Å². The largest absolute Gasteiger partial charge is 0.362 e. The number of thiol groups is 1. The zero-order valence-corrected chi connectivity index (χ0v) is 18.5. The summed E-state index contributed by atoms with van der Waals surface area (Å²) in [6.45, 7) is 0. The van der Waals surface area contributed by atoms with Crippen molar-refractivity contribution in [3.8, 4) is 6.07 Å². The molecule has 33 heavy (non-hydrogen) atoms. The molecule has 0 aliphatic carbocycles. The maximum atomic E-state index is 14.3. The summed E-state index contributed by atoms with van der Waals surface area (Å²) in [5.74, 6) is -1.06. The number of nitriles is 1. The van der Waals surface area contributed by atoms with Gasteiger partial charge in [0.25, 0.3) is 0 Å². The summed E-state index contributed by atoms with van der Waals surface area (Å²) >= 11 is 4.53. The predicted octanol–water partition coefficient (Wildman–Crippen LogP) is 4.70. The predicted molar refractivity (Wildman–Crippen MR) is 127 cm³/mol. The summed E-state index contributed by atoms with van der Waals surface area (Å²) in [6, 6.07) is 26.8. The standard InChI is InChI=1S/C27H20FN3OS/c28-22-12-6-9-19(15-22)24-23(16-29)26(33)30-27(32,21-10-2-1-3-11-21)25(24)31-14-13-18-7-4-5-8-20(18)17-31/h1-15,17,24-25,30,32H/p+1/t24-,25+,27+/m0/s1. The number of allylic oxidation sites excluding steroid dienone is 1. The number of fused-ring (bicyclic) bond motifs is 1. The van der Waals surface area contributed by atoms with E-state index >= 15 is 0 Å². The van der Waals surface area contributed by atoms with Gasteiger partial charge in [-0.25, -0.2) is 4.39 Å². The Balaban J connectivity index is 1.81. The van der Waals surface area contributed by atoms with Gasteiger partial charge in [0.1, 0.15) is 5.82 Å². The summed E-state index contributed by atoms with van der Waals surface area (Å²) < 4.78 is 16.2. The van der Waals surface area contributed by atoms with E-state index in [2.05, 4.69) is 24.0 Å². The number of nitrogens with zero attached hydrogens (tertiary/aromatic N) is 2. The lowest BCUT2D eigenvalue weighted by Crippen LogP contribution is -2.62. The van der Waals surface area contributed by atoms with Crippen molar-refractivity contribution in [2.24, 2.45) is 0 Å². The Morgan fingerprint density at radius 1 is 0.970 bits per heavy atom. The smallest absolute Gasteiger partial charge is 0.227 e. The van der Waals surface area contributed by atoms with Crippen LogP contribution in [0.1, 0.15) is 23.1 Å². The summed E-state index contributed by atoms with van der Waals surface area (Å²) in [6.07, 6.45) is 3.83. The van der Waals surface area contributed by atoms with Crippen LogP contribution in [0.4, 0.5) is 4.39 Å². The maximum Gasteiger partial charge on any atom is 0.227 e. The minimum absolute atomic E-state index is 0.260. The maximum absolute atomic E-state index is 14.3. The number of halogens is 1. The first-order valence-electron chi connectivity index (χ1n) is 10.6. The molecule has 0 bridgehead atoms. The van der Waals surface area contributed by atoms with Crippen molar-refractivity contribution in [1.82, 2.24) is 5.32 Å². The molecule has 1 aliphatic heterocycles. The van der Waals surface area contributed by atoms with E-state index in [1.165, 1.54) is 12.1 Å². The lowest BCUT2D eigenvalue weighted by atomic mass is 9.75. The molecule has 2 N–H and O–H groups in total. The monoisotopic (exact) mass is 454 g/mol. The number of pyridine rings is 1. The molecule has 1 aliphatic rings. The van der Waals surface area contributed by atoms with Crippen LogP contribution < -0.4 is 9.88 Å².